The van der Waals surface area contributed by atoms with Gasteiger partial charge in [0.15, 0.2) is 0 Å². The molecule has 0 aliphatic heterocycles. The van der Waals surface area contributed by atoms with Crippen LogP contribution >= 0.6 is 0 Å². The van der Waals surface area contributed by atoms with Gasteiger partial charge < -0.3 is 14.6 Å². The fraction of sp³-hybridized carbons (Fsp3) is 0.462. The Morgan fingerprint density at radius 2 is 1.85 bits per heavy atom. The van der Waals surface area contributed by atoms with Crippen LogP contribution in [0.15, 0.2) is 29.2 Å². The van der Waals surface area contributed by atoms with E-state index in [4.69, 9.17) is 4.74 Å². The summed E-state index contributed by atoms with van der Waals surface area (Å²) in [6.45, 7) is 3.61. The van der Waals surface area contributed by atoms with Crippen molar-refractivity contribution in [1.29, 1.82) is 0 Å². The number of carboxylic acid groups (broad SMARTS) is 1. The van der Waals surface area contributed by atoms with Gasteiger partial charge >= 0.3 is 0 Å². The molecule has 0 heterocycles. The summed E-state index contributed by atoms with van der Waals surface area (Å²) in [7, 11) is -2.43. The van der Waals surface area contributed by atoms with E-state index in [1.807, 2.05) is 0 Å². The van der Waals surface area contributed by atoms with Crippen molar-refractivity contribution in [3.8, 4) is 5.75 Å². The first kappa shape index (κ1) is 16.5. The van der Waals surface area contributed by atoms with Crippen LogP contribution in [-0.4, -0.2) is 27.5 Å². The van der Waals surface area contributed by atoms with E-state index in [2.05, 4.69) is 4.72 Å². The number of methoxy groups -OCH3 is 1. The lowest BCUT2D eigenvalue weighted by Gasteiger charge is -2.21. The summed E-state index contributed by atoms with van der Waals surface area (Å²) in [6, 6.07) is 4.43. The molecule has 0 aliphatic rings. The molecule has 0 amide bonds. The quantitative estimate of drug-likeness (QED) is 0.772. The monoisotopic (exact) mass is 300 g/mol. The van der Waals surface area contributed by atoms with E-state index in [1.54, 1.807) is 13.8 Å². The normalized spacial score (nSPS) is 13.2. The Morgan fingerprint density at radius 1 is 1.30 bits per heavy atom. The van der Waals surface area contributed by atoms with Gasteiger partial charge in [-0.3, -0.25) is 0 Å². The number of ether oxygens (including phenoxy) is 1. The van der Waals surface area contributed by atoms with Crippen LogP contribution in [0.3, 0.4) is 0 Å². The Bertz CT molecular complexity index is 551. The lowest BCUT2D eigenvalue weighted by molar-refractivity contribution is -0.308. The SMILES string of the molecule is COc1ccc(S(=O)(=O)NC(CC(C)C)C(=O)[O-])cc1. The summed E-state index contributed by atoms with van der Waals surface area (Å²) in [5.41, 5.74) is 0. The van der Waals surface area contributed by atoms with Crippen LogP contribution in [0, 0.1) is 5.92 Å². The minimum atomic E-state index is -3.90. The van der Waals surface area contributed by atoms with Gasteiger partial charge in [0.25, 0.3) is 0 Å². The number of benzene rings is 1. The smallest absolute Gasteiger partial charge is 0.241 e. The van der Waals surface area contributed by atoms with E-state index >= 15 is 0 Å². The maximum absolute atomic E-state index is 12.1. The zero-order chi connectivity index (χ0) is 15.3. The second kappa shape index (κ2) is 6.71. The molecule has 112 valence electrons. The molecule has 0 fully saturated rings. The number of hydrogen-bond acceptors (Lipinski definition) is 5. The van der Waals surface area contributed by atoms with Crippen LogP contribution in [0.5, 0.6) is 5.75 Å². The number of hydrogen-bond donors (Lipinski definition) is 1. The first-order valence-corrected chi connectivity index (χ1v) is 7.62. The fourth-order valence-electron chi connectivity index (χ4n) is 1.67. The molecule has 0 aliphatic carbocycles. The highest BCUT2D eigenvalue weighted by atomic mass is 32.2. The maximum Gasteiger partial charge on any atom is 0.241 e. The van der Waals surface area contributed by atoms with Crippen molar-refractivity contribution < 1.29 is 23.1 Å². The van der Waals surface area contributed by atoms with E-state index in [1.165, 1.54) is 31.4 Å². The Morgan fingerprint density at radius 3 is 2.25 bits per heavy atom. The summed E-state index contributed by atoms with van der Waals surface area (Å²) in [5.74, 6) is -0.894. The summed E-state index contributed by atoms with van der Waals surface area (Å²) in [6.07, 6.45) is 0.164. The van der Waals surface area contributed by atoms with Crippen molar-refractivity contribution in [3.63, 3.8) is 0 Å². The molecule has 1 unspecified atom stereocenters. The van der Waals surface area contributed by atoms with Crippen molar-refractivity contribution >= 4 is 16.0 Å². The number of rotatable bonds is 7. The van der Waals surface area contributed by atoms with Gasteiger partial charge in [0.1, 0.15) is 5.75 Å². The van der Waals surface area contributed by atoms with E-state index in [-0.39, 0.29) is 17.2 Å². The molecule has 0 radical (unpaired) electrons. The first-order chi connectivity index (χ1) is 9.26. The number of carbonyl (C=O) groups excluding carboxylic acids is 1. The third-order valence-corrected chi connectivity index (χ3v) is 4.15. The largest absolute Gasteiger partial charge is 0.548 e. The predicted molar refractivity (Wildman–Crippen MR) is 71.6 cm³/mol. The van der Waals surface area contributed by atoms with Crippen molar-refractivity contribution in [2.75, 3.05) is 7.11 Å². The predicted octanol–water partition coefficient (Wildman–Crippen LogP) is 0.138. The molecule has 1 aromatic carbocycles. The molecule has 0 saturated carbocycles. The van der Waals surface area contributed by atoms with Gasteiger partial charge in [0, 0.05) is 0 Å². The standard InChI is InChI=1S/C13H19NO5S/c1-9(2)8-12(13(15)16)14-20(17,18)11-6-4-10(19-3)5-7-11/h4-7,9,12,14H,8H2,1-3H3,(H,15,16)/p-1. The molecule has 0 saturated heterocycles. The lowest BCUT2D eigenvalue weighted by Crippen LogP contribution is -2.48. The van der Waals surface area contributed by atoms with Crippen molar-refractivity contribution in [2.45, 2.75) is 31.2 Å². The molecule has 0 aromatic heterocycles. The first-order valence-electron chi connectivity index (χ1n) is 6.13. The van der Waals surface area contributed by atoms with Crippen LogP contribution in [0.4, 0.5) is 0 Å². The van der Waals surface area contributed by atoms with E-state index in [0.29, 0.717) is 5.75 Å². The second-order valence-corrected chi connectivity index (χ2v) is 6.51. The Labute approximate surface area is 118 Å². The third-order valence-electron chi connectivity index (χ3n) is 2.66. The number of aliphatic carboxylic acids is 1. The molecule has 1 aromatic rings. The highest BCUT2D eigenvalue weighted by Crippen LogP contribution is 2.16. The zero-order valence-corrected chi connectivity index (χ0v) is 12.4. The van der Waals surface area contributed by atoms with Crippen LogP contribution in [0.2, 0.25) is 0 Å². The minimum Gasteiger partial charge on any atom is -0.548 e. The fourth-order valence-corrected chi connectivity index (χ4v) is 2.87. The van der Waals surface area contributed by atoms with E-state index in [0.717, 1.165) is 0 Å². The van der Waals surface area contributed by atoms with Gasteiger partial charge in [0.05, 0.1) is 24.0 Å². The maximum atomic E-state index is 12.1. The van der Waals surface area contributed by atoms with Gasteiger partial charge in [-0.25, -0.2) is 13.1 Å². The lowest BCUT2D eigenvalue weighted by atomic mass is 10.1. The molecule has 1 atom stereocenters. The van der Waals surface area contributed by atoms with Crippen LogP contribution < -0.4 is 14.6 Å². The average Bonchev–Trinajstić information content (AvgIpc) is 2.37. The van der Waals surface area contributed by atoms with Crippen LogP contribution in [-0.2, 0) is 14.8 Å². The molecule has 1 rings (SSSR count). The second-order valence-electron chi connectivity index (χ2n) is 4.80. The van der Waals surface area contributed by atoms with Crippen molar-refractivity contribution in [3.05, 3.63) is 24.3 Å². The molecular formula is C13H18NO5S-. The molecule has 0 bridgehead atoms. The number of carbonyl (C=O) groups is 1. The third kappa shape index (κ3) is 4.50. The number of carboxylic acids is 1. The van der Waals surface area contributed by atoms with Crippen molar-refractivity contribution in [1.82, 2.24) is 4.72 Å². The minimum absolute atomic E-state index is 0.0201. The Kier molecular flexibility index (Phi) is 5.52. The molecule has 20 heavy (non-hydrogen) atoms. The highest BCUT2D eigenvalue weighted by Gasteiger charge is 2.21. The molecule has 7 heteroatoms. The van der Waals surface area contributed by atoms with Gasteiger partial charge in [-0.05, 0) is 36.6 Å². The topological polar surface area (TPSA) is 95.5 Å². The highest BCUT2D eigenvalue weighted by molar-refractivity contribution is 7.89. The van der Waals surface area contributed by atoms with Gasteiger partial charge in [-0.1, -0.05) is 13.8 Å². The Hall–Kier alpha value is -1.60. The molecule has 6 nitrogen and oxygen atoms in total. The summed E-state index contributed by atoms with van der Waals surface area (Å²) >= 11 is 0. The summed E-state index contributed by atoms with van der Waals surface area (Å²) in [5, 5.41) is 11.0. The van der Waals surface area contributed by atoms with Crippen LogP contribution in [0.1, 0.15) is 20.3 Å². The van der Waals surface area contributed by atoms with Gasteiger partial charge in [-0.15, -0.1) is 0 Å². The summed E-state index contributed by atoms with van der Waals surface area (Å²) in [4.78, 5) is 11.0. The molecule has 0 spiro atoms. The van der Waals surface area contributed by atoms with E-state index < -0.39 is 22.0 Å². The Balaban J connectivity index is 2.93. The summed E-state index contributed by atoms with van der Waals surface area (Å²) < 4.78 is 31.3. The van der Waals surface area contributed by atoms with Gasteiger partial charge in [-0.2, -0.15) is 0 Å². The number of sulfonamides is 1. The molecule has 1 N–H and O–H groups in total. The zero-order valence-electron chi connectivity index (χ0n) is 11.6. The average molecular weight is 300 g/mol. The number of nitrogens with one attached hydrogen (secondary N) is 1. The van der Waals surface area contributed by atoms with E-state index in [9.17, 15) is 18.3 Å². The molecular weight excluding hydrogens is 282 g/mol. The van der Waals surface area contributed by atoms with Crippen LogP contribution in [0.25, 0.3) is 0 Å². The van der Waals surface area contributed by atoms with Gasteiger partial charge in [0.2, 0.25) is 10.0 Å². The van der Waals surface area contributed by atoms with Crippen molar-refractivity contribution in [2.24, 2.45) is 5.92 Å².